The van der Waals surface area contributed by atoms with Crippen LogP contribution in [-0.2, 0) is 9.59 Å². The minimum absolute atomic E-state index is 0.0161. The first-order valence-corrected chi connectivity index (χ1v) is 9.76. The molecule has 0 aliphatic heterocycles. The van der Waals surface area contributed by atoms with Crippen molar-refractivity contribution in [2.45, 2.75) is 83.3 Å². The highest BCUT2D eigenvalue weighted by Crippen LogP contribution is 2.34. The summed E-state index contributed by atoms with van der Waals surface area (Å²) >= 11 is 0. The lowest BCUT2D eigenvalue weighted by Crippen LogP contribution is -2.23. The SMILES string of the molecule is CCCCC[C@](C)(O)/C=C/[C@H]1C(=O)CC(O)C1C/C=C\CCCC(=O)O. The predicted molar refractivity (Wildman–Crippen MR) is 102 cm³/mol. The van der Waals surface area contributed by atoms with Crippen molar-refractivity contribution in [3.8, 4) is 0 Å². The maximum absolute atomic E-state index is 12.2. The van der Waals surface area contributed by atoms with E-state index in [0.29, 0.717) is 25.7 Å². The van der Waals surface area contributed by atoms with Gasteiger partial charge < -0.3 is 15.3 Å². The molecule has 0 aromatic heterocycles. The lowest BCUT2D eigenvalue weighted by molar-refractivity contribution is -0.137. The number of carbonyl (C=O) groups is 2. The standard InChI is InChI=1S/C21H34O5/c1-3-4-9-13-21(2,26)14-12-17-16(18(22)15-19(17)23)10-7-5-6-8-11-20(24)25/h5,7,12,14,16-18,22,26H,3-4,6,8-11,13,15H2,1-2H3,(H,24,25)/b7-5-,14-12+/t16?,17-,18?,21+/m1/s1. The van der Waals surface area contributed by atoms with Crippen LogP contribution < -0.4 is 0 Å². The number of hydrogen-bond acceptors (Lipinski definition) is 4. The zero-order valence-electron chi connectivity index (χ0n) is 16.1. The molecule has 148 valence electrons. The number of aliphatic hydroxyl groups excluding tert-OH is 1. The molecule has 0 radical (unpaired) electrons. The van der Waals surface area contributed by atoms with Gasteiger partial charge in [0, 0.05) is 24.7 Å². The fourth-order valence-corrected chi connectivity index (χ4v) is 3.39. The molecule has 5 heteroatoms. The van der Waals surface area contributed by atoms with Crippen molar-refractivity contribution in [2.24, 2.45) is 11.8 Å². The molecule has 4 atom stereocenters. The molecule has 1 rings (SSSR count). The van der Waals surface area contributed by atoms with E-state index in [4.69, 9.17) is 5.11 Å². The maximum atomic E-state index is 12.2. The first-order chi connectivity index (χ1) is 12.3. The Morgan fingerprint density at radius 3 is 2.65 bits per heavy atom. The van der Waals surface area contributed by atoms with Crippen molar-refractivity contribution < 1.29 is 24.9 Å². The van der Waals surface area contributed by atoms with Crippen LogP contribution >= 0.6 is 0 Å². The lowest BCUT2D eigenvalue weighted by Gasteiger charge is -2.21. The smallest absolute Gasteiger partial charge is 0.303 e. The Hall–Kier alpha value is -1.46. The number of Topliss-reactive ketones (excluding diaryl/α,β-unsaturated/α-hetero) is 1. The fraction of sp³-hybridized carbons (Fsp3) is 0.714. The molecular formula is C21H34O5. The molecule has 1 fully saturated rings. The van der Waals surface area contributed by atoms with Crippen LogP contribution in [0, 0.1) is 11.8 Å². The Morgan fingerprint density at radius 1 is 1.27 bits per heavy atom. The van der Waals surface area contributed by atoms with E-state index in [2.05, 4.69) is 6.92 Å². The summed E-state index contributed by atoms with van der Waals surface area (Å²) in [6.45, 7) is 3.87. The molecule has 0 saturated heterocycles. The highest BCUT2D eigenvalue weighted by atomic mass is 16.4. The average Bonchev–Trinajstić information content (AvgIpc) is 2.82. The zero-order chi connectivity index (χ0) is 19.6. The average molecular weight is 366 g/mol. The van der Waals surface area contributed by atoms with Crippen LogP contribution in [0.1, 0.15) is 71.6 Å². The summed E-state index contributed by atoms with van der Waals surface area (Å²) in [7, 11) is 0. The van der Waals surface area contributed by atoms with Crippen LogP contribution in [-0.4, -0.2) is 38.8 Å². The van der Waals surface area contributed by atoms with Crippen LogP contribution in [0.5, 0.6) is 0 Å². The van der Waals surface area contributed by atoms with Crippen LogP contribution in [0.2, 0.25) is 0 Å². The molecule has 0 aromatic carbocycles. The number of ketones is 1. The first-order valence-electron chi connectivity index (χ1n) is 9.76. The number of aliphatic carboxylic acids is 1. The number of unbranched alkanes of at least 4 members (excludes halogenated alkanes) is 3. The van der Waals surface area contributed by atoms with Crippen LogP contribution in [0.15, 0.2) is 24.3 Å². The molecule has 0 amide bonds. The monoisotopic (exact) mass is 366 g/mol. The van der Waals surface area contributed by atoms with Gasteiger partial charge in [-0.1, -0.05) is 50.5 Å². The molecule has 2 unspecified atom stereocenters. The van der Waals surface area contributed by atoms with Crippen molar-refractivity contribution in [3.05, 3.63) is 24.3 Å². The van der Waals surface area contributed by atoms with Gasteiger partial charge in [0.05, 0.1) is 11.7 Å². The highest BCUT2D eigenvalue weighted by Gasteiger charge is 2.39. The Kier molecular flexibility index (Phi) is 9.81. The predicted octanol–water partition coefficient (Wildman–Crippen LogP) is 3.64. The lowest BCUT2D eigenvalue weighted by atomic mass is 9.88. The minimum Gasteiger partial charge on any atom is -0.481 e. The van der Waals surface area contributed by atoms with Crippen molar-refractivity contribution in [2.75, 3.05) is 0 Å². The van der Waals surface area contributed by atoms with Gasteiger partial charge in [-0.15, -0.1) is 0 Å². The van der Waals surface area contributed by atoms with E-state index in [-0.39, 0.29) is 30.5 Å². The summed E-state index contributed by atoms with van der Waals surface area (Å²) in [5.74, 6) is -1.33. The molecule has 0 aromatic rings. The Balaban J connectivity index is 2.58. The topological polar surface area (TPSA) is 94.8 Å². The molecule has 1 saturated carbocycles. The van der Waals surface area contributed by atoms with Gasteiger partial charge in [0.15, 0.2) is 0 Å². The Bertz CT molecular complexity index is 507. The molecule has 0 heterocycles. The largest absolute Gasteiger partial charge is 0.481 e. The van der Waals surface area contributed by atoms with Gasteiger partial charge in [0.1, 0.15) is 5.78 Å². The maximum Gasteiger partial charge on any atom is 0.303 e. The van der Waals surface area contributed by atoms with Gasteiger partial charge in [0.25, 0.3) is 0 Å². The van der Waals surface area contributed by atoms with Crippen molar-refractivity contribution in [1.82, 2.24) is 0 Å². The number of hydrogen-bond donors (Lipinski definition) is 3. The number of carbonyl (C=O) groups excluding carboxylic acids is 1. The summed E-state index contributed by atoms with van der Waals surface area (Å²) in [4.78, 5) is 22.7. The van der Waals surface area contributed by atoms with Gasteiger partial charge in [0.2, 0.25) is 0 Å². The van der Waals surface area contributed by atoms with Crippen LogP contribution in [0.4, 0.5) is 0 Å². The summed E-state index contributed by atoms with van der Waals surface area (Å²) in [6, 6.07) is 0. The van der Waals surface area contributed by atoms with E-state index in [9.17, 15) is 19.8 Å². The quantitative estimate of drug-likeness (QED) is 0.362. The van der Waals surface area contributed by atoms with E-state index in [1.54, 1.807) is 19.1 Å². The number of rotatable bonds is 12. The van der Waals surface area contributed by atoms with Gasteiger partial charge in [-0.05, 0) is 32.6 Å². The molecule has 1 aliphatic carbocycles. The third-order valence-corrected chi connectivity index (χ3v) is 5.02. The minimum atomic E-state index is -0.930. The van der Waals surface area contributed by atoms with Gasteiger partial charge in [-0.2, -0.15) is 0 Å². The van der Waals surface area contributed by atoms with E-state index >= 15 is 0 Å². The van der Waals surface area contributed by atoms with Crippen molar-refractivity contribution in [1.29, 1.82) is 0 Å². The van der Waals surface area contributed by atoms with Crippen molar-refractivity contribution in [3.63, 3.8) is 0 Å². The Morgan fingerprint density at radius 2 is 2.00 bits per heavy atom. The van der Waals surface area contributed by atoms with E-state index in [1.165, 1.54) is 0 Å². The molecule has 5 nitrogen and oxygen atoms in total. The Labute approximate surface area is 156 Å². The number of aliphatic hydroxyl groups is 2. The molecule has 0 bridgehead atoms. The third-order valence-electron chi connectivity index (χ3n) is 5.02. The van der Waals surface area contributed by atoms with Crippen LogP contribution in [0.25, 0.3) is 0 Å². The van der Waals surface area contributed by atoms with Crippen molar-refractivity contribution >= 4 is 11.8 Å². The van der Waals surface area contributed by atoms with E-state index in [0.717, 1.165) is 19.3 Å². The fourth-order valence-electron chi connectivity index (χ4n) is 3.39. The third kappa shape index (κ3) is 8.28. The van der Waals surface area contributed by atoms with Gasteiger partial charge in [-0.3, -0.25) is 9.59 Å². The second kappa shape index (κ2) is 11.3. The second-order valence-electron chi connectivity index (χ2n) is 7.59. The van der Waals surface area contributed by atoms with E-state index in [1.807, 2.05) is 12.2 Å². The normalized spacial score (nSPS) is 26.0. The van der Waals surface area contributed by atoms with Crippen LogP contribution in [0.3, 0.4) is 0 Å². The number of allylic oxidation sites excluding steroid dienone is 3. The molecule has 26 heavy (non-hydrogen) atoms. The number of carboxylic acids is 1. The molecule has 3 N–H and O–H groups in total. The summed E-state index contributed by atoms with van der Waals surface area (Å²) in [5.41, 5.74) is -0.930. The molecule has 1 aliphatic rings. The molecular weight excluding hydrogens is 332 g/mol. The van der Waals surface area contributed by atoms with E-state index < -0.39 is 17.7 Å². The van der Waals surface area contributed by atoms with Gasteiger partial charge >= 0.3 is 5.97 Å². The first kappa shape index (κ1) is 22.6. The summed E-state index contributed by atoms with van der Waals surface area (Å²) < 4.78 is 0. The summed E-state index contributed by atoms with van der Waals surface area (Å²) in [6.07, 6.45) is 12.6. The highest BCUT2D eigenvalue weighted by molar-refractivity contribution is 5.86. The number of carboxylic acid groups (broad SMARTS) is 1. The summed E-state index contributed by atoms with van der Waals surface area (Å²) in [5, 5.41) is 29.2. The molecule has 0 spiro atoms. The van der Waals surface area contributed by atoms with Gasteiger partial charge in [-0.25, -0.2) is 0 Å². The second-order valence-corrected chi connectivity index (χ2v) is 7.59. The zero-order valence-corrected chi connectivity index (χ0v) is 16.1.